The van der Waals surface area contributed by atoms with Gasteiger partial charge < -0.3 is 10.6 Å². The highest BCUT2D eigenvalue weighted by molar-refractivity contribution is 7.19. The maximum absolute atomic E-state index is 13.9. The third-order valence-corrected chi connectivity index (χ3v) is 6.94. The van der Waals surface area contributed by atoms with Crippen molar-refractivity contribution in [1.82, 2.24) is 15.3 Å². The maximum Gasteiger partial charge on any atom is 0.264 e. The topological polar surface area (TPSA) is 84.0 Å². The molecular weight excluding hydrogens is 478 g/mol. The van der Waals surface area contributed by atoms with E-state index in [1.54, 1.807) is 0 Å². The number of carbonyl (C=O) groups is 2. The van der Waals surface area contributed by atoms with Crippen LogP contribution < -0.4 is 10.6 Å². The second-order valence-corrected chi connectivity index (χ2v) is 9.64. The number of halogens is 2. The van der Waals surface area contributed by atoms with Gasteiger partial charge in [0.1, 0.15) is 22.2 Å². The molecule has 0 aliphatic heterocycles. The Balaban J connectivity index is 1.59. The van der Waals surface area contributed by atoms with E-state index in [2.05, 4.69) is 20.6 Å². The summed E-state index contributed by atoms with van der Waals surface area (Å²) in [4.78, 5) is 35.5. The van der Waals surface area contributed by atoms with Crippen LogP contribution in [0, 0.1) is 25.5 Å². The van der Waals surface area contributed by atoms with Crippen molar-refractivity contribution in [3.63, 3.8) is 0 Å². The third kappa shape index (κ3) is 5.35. The Hall–Kier alpha value is -3.50. The molecule has 0 atom stereocenters. The quantitative estimate of drug-likeness (QED) is 0.364. The van der Waals surface area contributed by atoms with Crippen LogP contribution in [0.1, 0.15) is 31.5 Å². The molecule has 10 heteroatoms. The number of benzene rings is 2. The molecule has 4 rings (SSSR count). The molecule has 2 aromatic heterocycles. The first kappa shape index (κ1) is 23.7. The zero-order valence-electron chi connectivity index (χ0n) is 18.3. The lowest BCUT2D eigenvalue weighted by molar-refractivity contribution is -0.115. The molecule has 34 heavy (non-hydrogen) atoms. The summed E-state index contributed by atoms with van der Waals surface area (Å²) in [5, 5.41) is 6.42. The van der Waals surface area contributed by atoms with Gasteiger partial charge in [-0.05, 0) is 31.5 Å². The molecule has 0 bridgehead atoms. The molecule has 0 saturated carbocycles. The van der Waals surface area contributed by atoms with E-state index in [1.165, 1.54) is 17.4 Å². The van der Waals surface area contributed by atoms with E-state index in [0.29, 0.717) is 17.1 Å². The van der Waals surface area contributed by atoms with Crippen molar-refractivity contribution in [2.75, 3.05) is 5.32 Å². The lowest BCUT2D eigenvalue weighted by Crippen LogP contribution is -2.22. The fraction of sp³-hybridized carbons (Fsp3) is 0.167. The van der Waals surface area contributed by atoms with E-state index in [-0.39, 0.29) is 16.6 Å². The number of amides is 2. The zero-order valence-corrected chi connectivity index (χ0v) is 19.9. The summed E-state index contributed by atoms with van der Waals surface area (Å²) < 4.78 is 27.8. The van der Waals surface area contributed by atoms with Crippen molar-refractivity contribution in [3.8, 4) is 10.6 Å². The average Bonchev–Trinajstić information content (AvgIpc) is 3.37. The monoisotopic (exact) mass is 498 g/mol. The van der Waals surface area contributed by atoms with E-state index in [1.807, 2.05) is 44.2 Å². The van der Waals surface area contributed by atoms with Crippen molar-refractivity contribution in [2.45, 2.75) is 26.8 Å². The van der Waals surface area contributed by atoms with E-state index in [4.69, 9.17) is 0 Å². The highest BCUT2D eigenvalue weighted by Crippen LogP contribution is 2.36. The Labute approximate surface area is 202 Å². The molecule has 2 heterocycles. The molecule has 0 aliphatic rings. The smallest absolute Gasteiger partial charge is 0.264 e. The SMILES string of the molecule is Cc1nc(C)c(-c2nc(NC(=O)Cc3c(F)cccc3F)sc2C(=O)NCc2ccccc2)s1. The molecule has 0 unspecified atom stereocenters. The van der Waals surface area contributed by atoms with Crippen LogP contribution in [0.25, 0.3) is 10.6 Å². The number of aryl methyl sites for hydroxylation is 2. The van der Waals surface area contributed by atoms with Gasteiger partial charge in [0.05, 0.1) is 22.0 Å². The van der Waals surface area contributed by atoms with Gasteiger partial charge in [-0.2, -0.15) is 0 Å². The lowest BCUT2D eigenvalue weighted by Gasteiger charge is -2.05. The molecule has 6 nitrogen and oxygen atoms in total. The number of hydrogen-bond donors (Lipinski definition) is 2. The Kier molecular flexibility index (Phi) is 7.09. The molecule has 0 aliphatic carbocycles. The van der Waals surface area contributed by atoms with Crippen LogP contribution >= 0.6 is 22.7 Å². The summed E-state index contributed by atoms with van der Waals surface area (Å²) >= 11 is 2.39. The molecule has 174 valence electrons. The second kappa shape index (κ2) is 10.2. The summed E-state index contributed by atoms with van der Waals surface area (Å²) in [5.74, 6) is -2.58. The lowest BCUT2D eigenvalue weighted by atomic mass is 10.1. The van der Waals surface area contributed by atoms with Crippen molar-refractivity contribution in [2.24, 2.45) is 0 Å². The van der Waals surface area contributed by atoms with Crippen LogP contribution in [-0.4, -0.2) is 21.8 Å². The zero-order chi connectivity index (χ0) is 24.2. The summed E-state index contributed by atoms with van der Waals surface area (Å²) in [7, 11) is 0. The molecule has 0 saturated heterocycles. The Morgan fingerprint density at radius 3 is 2.29 bits per heavy atom. The Morgan fingerprint density at radius 2 is 1.65 bits per heavy atom. The number of rotatable bonds is 7. The first-order valence-corrected chi connectivity index (χ1v) is 11.9. The molecule has 2 amide bonds. The fourth-order valence-corrected chi connectivity index (χ4v) is 5.20. The van der Waals surface area contributed by atoms with E-state index >= 15 is 0 Å². The molecule has 2 N–H and O–H groups in total. The molecule has 0 spiro atoms. The highest BCUT2D eigenvalue weighted by Gasteiger charge is 2.24. The number of nitrogens with one attached hydrogen (secondary N) is 2. The van der Waals surface area contributed by atoms with Crippen LogP contribution in [0.3, 0.4) is 0 Å². The van der Waals surface area contributed by atoms with Crippen LogP contribution in [0.4, 0.5) is 13.9 Å². The largest absolute Gasteiger partial charge is 0.347 e. The van der Waals surface area contributed by atoms with E-state index in [0.717, 1.165) is 44.6 Å². The molecule has 2 aromatic carbocycles. The maximum atomic E-state index is 13.9. The van der Waals surface area contributed by atoms with E-state index < -0.39 is 24.0 Å². The minimum atomic E-state index is -0.799. The van der Waals surface area contributed by atoms with Crippen molar-refractivity contribution < 1.29 is 18.4 Å². The van der Waals surface area contributed by atoms with Gasteiger partial charge in [-0.25, -0.2) is 18.7 Å². The number of thiazole rings is 2. The van der Waals surface area contributed by atoms with Crippen molar-refractivity contribution in [1.29, 1.82) is 0 Å². The molecular formula is C24H20F2N4O2S2. The Morgan fingerprint density at radius 1 is 0.941 bits per heavy atom. The van der Waals surface area contributed by atoms with Crippen LogP contribution in [-0.2, 0) is 17.8 Å². The minimum Gasteiger partial charge on any atom is -0.347 e. The number of hydrogen-bond acceptors (Lipinski definition) is 6. The van der Waals surface area contributed by atoms with Gasteiger partial charge in [-0.1, -0.05) is 47.7 Å². The van der Waals surface area contributed by atoms with Crippen LogP contribution in [0.15, 0.2) is 48.5 Å². The summed E-state index contributed by atoms with van der Waals surface area (Å²) in [5.41, 5.74) is 1.74. The standard InChI is InChI=1S/C24H20F2N4O2S2/c1-13-21(33-14(2)28-13)20-22(23(32)27-12-15-7-4-3-5-8-15)34-24(30-20)29-19(31)11-16-17(25)9-6-10-18(16)26/h3-10H,11-12H2,1-2H3,(H,27,32)(H,29,30,31). The van der Waals surface area contributed by atoms with Crippen LogP contribution in [0.5, 0.6) is 0 Å². The van der Waals surface area contributed by atoms with Gasteiger partial charge >= 0.3 is 0 Å². The molecule has 0 radical (unpaired) electrons. The molecule has 0 fully saturated rings. The van der Waals surface area contributed by atoms with Crippen LogP contribution in [0.2, 0.25) is 0 Å². The number of aromatic nitrogens is 2. The van der Waals surface area contributed by atoms with Gasteiger partial charge in [0, 0.05) is 12.1 Å². The normalized spacial score (nSPS) is 10.8. The van der Waals surface area contributed by atoms with Crippen molar-refractivity contribution >= 4 is 39.6 Å². The van der Waals surface area contributed by atoms with E-state index in [9.17, 15) is 18.4 Å². The highest BCUT2D eigenvalue weighted by atomic mass is 32.1. The average molecular weight is 499 g/mol. The predicted octanol–water partition coefficient (Wildman–Crippen LogP) is 5.27. The predicted molar refractivity (Wildman–Crippen MR) is 129 cm³/mol. The number of anilines is 1. The number of nitrogens with zero attached hydrogens (tertiary/aromatic N) is 2. The van der Waals surface area contributed by atoms with Gasteiger partial charge in [0.2, 0.25) is 5.91 Å². The molecule has 4 aromatic rings. The first-order chi connectivity index (χ1) is 16.3. The summed E-state index contributed by atoms with van der Waals surface area (Å²) in [6.45, 7) is 4.00. The summed E-state index contributed by atoms with van der Waals surface area (Å²) in [6.07, 6.45) is -0.498. The second-order valence-electron chi connectivity index (χ2n) is 7.44. The Bertz CT molecular complexity index is 1330. The van der Waals surface area contributed by atoms with Gasteiger partial charge in [-0.15, -0.1) is 11.3 Å². The fourth-order valence-electron chi connectivity index (χ4n) is 3.32. The van der Waals surface area contributed by atoms with Crippen molar-refractivity contribution in [3.05, 3.63) is 86.9 Å². The number of carbonyl (C=O) groups excluding carboxylic acids is 2. The van der Waals surface area contributed by atoms with Gasteiger partial charge in [0.15, 0.2) is 5.13 Å². The third-order valence-electron chi connectivity index (χ3n) is 4.89. The van der Waals surface area contributed by atoms with Gasteiger partial charge in [-0.3, -0.25) is 9.59 Å². The summed E-state index contributed by atoms with van der Waals surface area (Å²) in [6, 6.07) is 12.9. The minimum absolute atomic E-state index is 0.159. The first-order valence-electron chi connectivity index (χ1n) is 10.3. The van der Waals surface area contributed by atoms with Gasteiger partial charge in [0.25, 0.3) is 5.91 Å².